The van der Waals surface area contributed by atoms with E-state index >= 15 is 0 Å². The summed E-state index contributed by atoms with van der Waals surface area (Å²) in [6.45, 7) is 5.22. The molecule has 0 aromatic heterocycles. The molecule has 0 saturated heterocycles. The molecule has 0 aliphatic carbocycles. The smallest absolute Gasteiger partial charge is 0.264 e. The van der Waals surface area contributed by atoms with E-state index in [1.54, 1.807) is 67.6 Å². The second-order valence-electron chi connectivity index (χ2n) is 11.0. The second kappa shape index (κ2) is 16.7. The van der Waals surface area contributed by atoms with Gasteiger partial charge in [0.25, 0.3) is 10.0 Å². The molecule has 0 bridgehead atoms. The molecule has 0 aliphatic rings. The predicted molar refractivity (Wildman–Crippen MR) is 187 cm³/mol. The average Bonchev–Trinajstić information content (AvgIpc) is 3.07. The molecule has 0 spiro atoms. The first-order chi connectivity index (χ1) is 22.5. The number of nitrogens with zero attached hydrogens (tertiary/aromatic N) is 2. The number of amides is 2. The van der Waals surface area contributed by atoms with Crippen molar-refractivity contribution in [1.29, 1.82) is 0 Å². The number of benzene rings is 4. The van der Waals surface area contributed by atoms with Gasteiger partial charge in [-0.25, -0.2) is 8.42 Å². The number of halogens is 2. The standard InChI is InChI=1S/C36H39Cl2N3O5S/c1-4-26(3)39-36(43)33(22-27-14-8-6-9-15-27)40(24-28-20-21-29(37)23-31(28)38)35(42)25-41(32-18-12-13-19-34(32)46-5-2)47(44,45)30-16-10-7-11-17-30/h6-21,23,26,33H,4-5,22,24-25H2,1-3H3,(H,39,43)/t26-,33-/m0/s1. The highest BCUT2D eigenvalue weighted by atomic mass is 35.5. The first kappa shape index (κ1) is 35.8. The van der Waals surface area contributed by atoms with E-state index in [-0.39, 0.29) is 42.1 Å². The van der Waals surface area contributed by atoms with Gasteiger partial charge in [-0.15, -0.1) is 0 Å². The zero-order valence-corrected chi connectivity index (χ0v) is 28.9. The lowest BCUT2D eigenvalue weighted by Gasteiger charge is -2.34. The van der Waals surface area contributed by atoms with Crippen LogP contribution < -0.4 is 14.4 Å². The number of ether oxygens (including phenoxy) is 1. The molecule has 2 atom stereocenters. The van der Waals surface area contributed by atoms with Crippen LogP contribution >= 0.6 is 23.2 Å². The van der Waals surface area contributed by atoms with Gasteiger partial charge in [0.1, 0.15) is 18.3 Å². The lowest BCUT2D eigenvalue weighted by atomic mass is 10.0. The van der Waals surface area contributed by atoms with Crippen LogP contribution in [-0.4, -0.2) is 50.4 Å². The maximum atomic E-state index is 14.7. The Morgan fingerprint density at radius 2 is 1.51 bits per heavy atom. The minimum Gasteiger partial charge on any atom is -0.492 e. The van der Waals surface area contributed by atoms with Crippen molar-refractivity contribution >= 4 is 50.7 Å². The molecule has 4 aromatic carbocycles. The van der Waals surface area contributed by atoms with Gasteiger partial charge in [0.05, 0.1) is 17.2 Å². The molecule has 0 unspecified atom stereocenters. The minimum atomic E-state index is -4.28. The van der Waals surface area contributed by atoms with E-state index in [1.165, 1.54) is 17.0 Å². The van der Waals surface area contributed by atoms with Gasteiger partial charge in [-0.05, 0) is 67.8 Å². The third-order valence-electron chi connectivity index (χ3n) is 7.67. The number of sulfonamides is 1. The molecule has 0 heterocycles. The largest absolute Gasteiger partial charge is 0.492 e. The van der Waals surface area contributed by atoms with Crippen LogP contribution in [-0.2, 0) is 32.6 Å². The van der Waals surface area contributed by atoms with Crippen LogP contribution in [0, 0.1) is 0 Å². The van der Waals surface area contributed by atoms with Crippen LogP contribution in [0.4, 0.5) is 5.69 Å². The van der Waals surface area contributed by atoms with Gasteiger partial charge in [-0.2, -0.15) is 0 Å². The predicted octanol–water partition coefficient (Wildman–Crippen LogP) is 7.14. The summed E-state index contributed by atoms with van der Waals surface area (Å²) in [4.78, 5) is 30.1. The van der Waals surface area contributed by atoms with Gasteiger partial charge in [0, 0.05) is 29.1 Å². The number of hydrogen-bond donors (Lipinski definition) is 1. The van der Waals surface area contributed by atoms with E-state index in [0.29, 0.717) is 27.8 Å². The molecular formula is C36H39Cl2N3O5S. The van der Waals surface area contributed by atoms with Crippen LogP contribution in [0.15, 0.2) is 108 Å². The zero-order valence-electron chi connectivity index (χ0n) is 26.6. The number of carbonyl (C=O) groups is 2. The van der Waals surface area contributed by atoms with Crippen molar-refractivity contribution in [2.24, 2.45) is 0 Å². The van der Waals surface area contributed by atoms with Crippen LogP contribution in [0.1, 0.15) is 38.3 Å². The SMILES string of the molecule is CCOc1ccccc1N(CC(=O)N(Cc1ccc(Cl)cc1Cl)[C@@H](Cc1ccccc1)C(=O)N[C@@H](C)CC)S(=O)(=O)c1ccccc1. The Kier molecular flexibility index (Phi) is 12.7. The highest BCUT2D eigenvalue weighted by Gasteiger charge is 2.36. The van der Waals surface area contributed by atoms with Crippen LogP contribution in [0.3, 0.4) is 0 Å². The van der Waals surface area contributed by atoms with Crippen molar-refractivity contribution < 1.29 is 22.7 Å². The molecule has 0 radical (unpaired) electrons. The van der Waals surface area contributed by atoms with Gasteiger partial charge in [0.2, 0.25) is 11.8 Å². The Hall–Kier alpha value is -4.05. The van der Waals surface area contributed by atoms with E-state index in [2.05, 4.69) is 5.32 Å². The molecule has 1 N–H and O–H groups in total. The Morgan fingerprint density at radius 3 is 2.15 bits per heavy atom. The summed E-state index contributed by atoms with van der Waals surface area (Å²) >= 11 is 12.8. The summed E-state index contributed by atoms with van der Waals surface area (Å²) in [6.07, 6.45) is 0.860. The third kappa shape index (κ3) is 9.28. The van der Waals surface area contributed by atoms with E-state index in [9.17, 15) is 18.0 Å². The monoisotopic (exact) mass is 695 g/mol. The molecule has 0 aliphatic heterocycles. The van der Waals surface area contributed by atoms with Gasteiger partial charge in [-0.3, -0.25) is 13.9 Å². The fourth-order valence-corrected chi connectivity index (χ4v) is 6.92. The highest BCUT2D eigenvalue weighted by molar-refractivity contribution is 7.92. The van der Waals surface area contributed by atoms with Crippen molar-refractivity contribution in [2.45, 2.75) is 57.1 Å². The lowest BCUT2D eigenvalue weighted by molar-refractivity contribution is -0.140. The Balaban J connectivity index is 1.86. The molecule has 248 valence electrons. The highest BCUT2D eigenvalue weighted by Crippen LogP contribution is 2.33. The molecule has 47 heavy (non-hydrogen) atoms. The second-order valence-corrected chi connectivity index (χ2v) is 13.7. The molecule has 8 nitrogen and oxygen atoms in total. The molecule has 0 saturated carbocycles. The van der Waals surface area contributed by atoms with Gasteiger partial charge >= 0.3 is 0 Å². The van der Waals surface area contributed by atoms with Crippen LogP contribution in [0.2, 0.25) is 10.0 Å². The third-order valence-corrected chi connectivity index (χ3v) is 10.0. The number of nitrogens with one attached hydrogen (secondary N) is 1. The summed E-state index contributed by atoms with van der Waals surface area (Å²) in [5.74, 6) is -0.680. The summed E-state index contributed by atoms with van der Waals surface area (Å²) in [5, 5.41) is 3.75. The lowest BCUT2D eigenvalue weighted by Crippen LogP contribution is -2.54. The number of hydrogen-bond acceptors (Lipinski definition) is 5. The maximum Gasteiger partial charge on any atom is 0.264 e. The number of para-hydroxylation sites is 2. The van der Waals surface area contributed by atoms with Crippen LogP contribution in [0.25, 0.3) is 0 Å². The van der Waals surface area contributed by atoms with Crippen molar-refractivity contribution in [2.75, 3.05) is 17.5 Å². The minimum absolute atomic E-state index is 0.00162. The molecule has 4 rings (SSSR count). The van der Waals surface area contributed by atoms with E-state index in [4.69, 9.17) is 27.9 Å². The normalized spacial score (nSPS) is 12.5. The fraction of sp³-hybridized carbons (Fsp3) is 0.278. The van der Waals surface area contributed by atoms with Gasteiger partial charge in [-0.1, -0.05) is 96.9 Å². The van der Waals surface area contributed by atoms with Crippen molar-refractivity contribution in [3.63, 3.8) is 0 Å². The molecule has 11 heteroatoms. The van der Waals surface area contributed by atoms with E-state index in [0.717, 1.165) is 9.87 Å². The topological polar surface area (TPSA) is 96.0 Å². The number of rotatable bonds is 15. The first-order valence-electron chi connectivity index (χ1n) is 15.4. The van der Waals surface area contributed by atoms with Crippen LogP contribution in [0.5, 0.6) is 5.75 Å². The molecule has 4 aromatic rings. The van der Waals surface area contributed by atoms with Crippen molar-refractivity contribution in [1.82, 2.24) is 10.2 Å². The number of carbonyl (C=O) groups excluding carboxylic acids is 2. The Bertz CT molecular complexity index is 1760. The molecule has 0 fully saturated rings. The summed E-state index contributed by atoms with van der Waals surface area (Å²) in [5.41, 5.74) is 1.57. The Labute approximate surface area is 287 Å². The summed E-state index contributed by atoms with van der Waals surface area (Å²) in [6, 6.07) is 27.6. The summed E-state index contributed by atoms with van der Waals surface area (Å²) in [7, 11) is -4.28. The molecular weight excluding hydrogens is 657 g/mol. The van der Waals surface area contributed by atoms with Crippen molar-refractivity contribution in [3.8, 4) is 5.75 Å². The maximum absolute atomic E-state index is 14.7. The van der Waals surface area contributed by atoms with E-state index < -0.39 is 28.5 Å². The average molecular weight is 697 g/mol. The van der Waals surface area contributed by atoms with Gasteiger partial charge in [0.15, 0.2) is 0 Å². The quantitative estimate of drug-likeness (QED) is 0.143. The fourth-order valence-electron chi connectivity index (χ4n) is 5.00. The van der Waals surface area contributed by atoms with Gasteiger partial charge < -0.3 is 15.0 Å². The van der Waals surface area contributed by atoms with E-state index in [1.807, 2.05) is 44.2 Å². The molecule has 2 amide bonds. The summed E-state index contributed by atoms with van der Waals surface area (Å²) < 4.78 is 35.4. The zero-order chi connectivity index (χ0) is 34.0. The number of anilines is 1. The Morgan fingerprint density at radius 1 is 0.872 bits per heavy atom. The van der Waals surface area contributed by atoms with Crippen molar-refractivity contribution in [3.05, 3.63) is 124 Å². The first-order valence-corrected chi connectivity index (χ1v) is 17.6.